The van der Waals surface area contributed by atoms with Crippen LogP contribution >= 0.6 is 0 Å². The van der Waals surface area contributed by atoms with E-state index in [9.17, 15) is 22.8 Å². The number of oxazole rings is 1. The van der Waals surface area contributed by atoms with E-state index in [2.05, 4.69) is 21.2 Å². The van der Waals surface area contributed by atoms with Crippen LogP contribution in [0.3, 0.4) is 0 Å². The summed E-state index contributed by atoms with van der Waals surface area (Å²) in [6.07, 6.45) is 2.45. The summed E-state index contributed by atoms with van der Waals surface area (Å²) < 4.78 is 51.0. The number of nitrogens with zero attached hydrogens (tertiary/aromatic N) is 3. The summed E-state index contributed by atoms with van der Waals surface area (Å²) in [5.74, 6) is 1.04. The van der Waals surface area contributed by atoms with Crippen LogP contribution < -0.4 is 20.7 Å². The fraction of sp³-hybridized carbons (Fsp3) is 0.241. The molecule has 1 aliphatic heterocycles. The van der Waals surface area contributed by atoms with Gasteiger partial charge in [0.1, 0.15) is 23.0 Å². The predicted octanol–water partition coefficient (Wildman–Crippen LogP) is 4.26. The number of amides is 2. The van der Waals surface area contributed by atoms with E-state index < -0.39 is 23.8 Å². The standard InChI is InChI=1S/C29H24F3N5O4/c1-3-19(33)26-25(27(39)34-15-23(38)37-14-6-8-16-7-4-5-9-20(16)37)36-28(41-26)18-10-12-21(40-2)24-17(18)11-13-22(35-24)29(30,31)32/h1,4-5,7,9-13,19H,6,8,14-15,33H2,2H3,(H,34,39)/t19-/m0/s1. The Morgan fingerprint density at radius 1 is 1.20 bits per heavy atom. The number of carbonyl (C=O) groups is 2. The molecule has 0 saturated carbocycles. The molecule has 0 aliphatic carbocycles. The number of benzene rings is 2. The monoisotopic (exact) mass is 563 g/mol. The molecule has 0 spiro atoms. The van der Waals surface area contributed by atoms with Gasteiger partial charge in [-0.15, -0.1) is 6.42 Å². The largest absolute Gasteiger partial charge is 0.494 e. The number of ether oxygens (including phenoxy) is 1. The highest BCUT2D eigenvalue weighted by Crippen LogP contribution is 2.37. The topological polar surface area (TPSA) is 124 Å². The second-order valence-corrected chi connectivity index (χ2v) is 9.24. The van der Waals surface area contributed by atoms with Crippen LogP contribution in [0.25, 0.3) is 22.4 Å². The van der Waals surface area contributed by atoms with E-state index in [1.807, 2.05) is 24.3 Å². The number of carbonyl (C=O) groups excluding carboxylic acids is 2. The Kier molecular flexibility index (Phi) is 7.38. The zero-order chi connectivity index (χ0) is 29.3. The molecule has 210 valence electrons. The second-order valence-electron chi connectivity index (χ2n) is 9.24. The molecule has 3 N–H and O–H groups in total. The van der Waals surface area contributed by atoms with Crippen molar-refractivity contribution in [1.29, 1.82) is 0 Å². The summed E-state index contributed by atoms with van der Waals surface area (Å²) in [5.41, 5.74) is 6.63. The molecule has 9 nitrogen and oxygen atoms in total. The smallest absolute Gasteiger partial charge is 0.433 e. The number of pyridine rings is 1. The number of terminal acetylenes is 1. The van der Waals surface area contributed by atoms with Crippen molar-refractivity contribution in [1.82, 2.24) is 15.3 Å². The molecule has 1 atom stereocenters. The zero-order valence-corrected chi connectivity index (χ0v) is 21.8. The van der Waals surface area contributed by atoms with Crippen LogP contribution in [-0.4, -0.2) is 42.0 Å². The van der Waals surface area contributed by atoms with Crippen LogP contribution in [0.1, 0.15) is 40.0 Å². The molecule has 4 aromatic rings. The minimum atomic E-state index is -4.68. The molecule has 3 heterocycles. The lowest BCUT2D eigenvalue weighted by Crippen LogP contribution is -2.42. The summed E-state index contributed by atoms with van der Waals surface area (Å²) in [5, 5.41) is 2.78. The molecular weight excluding hydrogens is 539 g/mol. The number of hydrogen-bond donors (Lipinski definition) is 2. The van der Waals surface area contributed by atoms with Gasteiger partial charge in [-0.3, -0.25) is 9.59 Å². The first kappa shape index (κ1) is 27.7. The van der Waals surface area contributed by atoms with Crippen molar-refractivity contribution in [2.24, 2.45) is 5.73 Å². The molecule has 0 saturated heterocycles. The molecule has 2 aromatic carbocycles. The summed E-state index contributed by atoms with van der Waals surface area (Å²) >= 11 is 0. The molecule has 1 aliphatic rings. The normalized spacial score (nSPS) is 13.8. The molecule has 0 fully saturated rings. The predicted molar refractivity (Wildman–Crippen MR) is 144 cm³/mol. The molecule has 0 unspecified atom stereocenters. The summed E-state index contributed by atoms with van der Waals surface area (Å²) in [6, 6.07) is 11.3. The van der Waals surface area contributed by atoms with Gasteiger partial charge >= 0.3 is 6.18 Å². The molecule has 0 radical (unpaired) electrons. The minimum absolute atomic E-state index is 0.0840. The van der Waals surface area contributed by atoms with Crippen molar-refractivity contribution in [3.05, 3.63) is 71.2 Å². The maximum absolute atomic E-state index is 13.3. The third kappa shape index (κ3) is 5.31. The average molecular weight is 564 g/mol. The molecule has 2 aromatic heterocycles. The van der Waals surface area contributed by atoms with Crippen LogP contribution in [0.4, 0.5) is 18.9 Å². The molecule has 5 rings (SSSR count). The summed E-state index contributed by atoms with van der Waals surface area (Å²) in [4.78, 5) is 35.8. The number of aromatic nitrogens is 2. The number of methoxy groups -OCH3 is 1. The number of fused-ring (bicyclic) bond motifs is 2. The number of aryl methyl sites for hydroxylation is 1. The first-order valence-corrected chi connectivity index (χ1v) is 12.6. The van der Waals surface area contributed by atoms with Gasteiger partial charge in [-0.2, -0.15) is 13.2 Å². The van der Waals surface area contributed by atoms with Crippen molar-refractivity contribution < 1.29 is 31.9 Å². The summed E-state index contributed by atoms with van der Waals surface area (Å²) in [6.45, 7) is 0.192. The Balaban J connectivity index is 1.46. The average Bonchev–Trinajstić information content (AvgIpc) is 3.43. The highest BCUT2D eigenvalue weighted by molar-refractivity contribution is 6.01. The van der Waals surface area contributed by atoms with Crippen molar-refractivity contribution in [3.8, 4) is 29.5 Å². The third-order valence-electron chi connectivity index (χ3n) is 6.70. The van der Waals surface area contributed by atoms with Gasteiger partial charge in [0, 0.05) is 23.2 Å². The minimum Gasteiger partial charge on any atom is -0.494 e. The number of halogens is 3. The zero-order valence-electron chi connectivity index (χ0n) is 21.8. The van der Waals surface area contributed by atoms with Crippen LogP contribution in [0.5, 0.6) is 5.75 Å². The maximum Gasteiger partial charge on any atom is 0.433 e. The van der Waals surface area contributed by atoms with E-state index in [0.717, 1.165) is 30.2 Å². The van der Waals surface area contributed by atoms with Gasteiger partial charge in [-0.1, -0.05) is 24.1 Å². The van der Waals surface area contributed by atoms with Crippen molar-refractivity contribution in [3.63, 3.8) is 0 Å². The lowest BCUT2D eigenvalue weighted by atomic mass is 10.0. The van der Waals surface area contributed by atoms with Gasteiger partial charge < -0.3 is 25.1 Å². The second kappa shape index (κ2) is 10.9. The summed E-state index contributed by atoms with van der Waals surface area (Å²) in [7, 11) is 1.30. The fourth-order valence-corrected chi connectivity index (χ4v) is 4.73. The third-order valence-corrected chi connectivity index (χ3v) is 6.70. The fourth-order valence-electron chi connectivity index (χ4n) is 4.73. The Morgan fingerprint density at radius 2 is 1.98 bits per heavy atom. The number of anilines is 1. The van der Waals surface area contributed by atoms with E-state index >= 15 is 0 Å². The maximum atomic E-state index is 13.3. The number of rotatable bonds is 6. The SMILES string of the molecule is C#C[C@H](N)c1oc(-c2ccc(OC)c3nc(C(F)(F)F)ccc23)nc1C(=O)NCC(=O)N1CCCc2ccccc21. The molecule has 41 heavy (non-hydrogen) atoms. The van der Waals surface area contributed by atoms with Gasteiger partial charge in [0.25, 0.3) is 5.91 Å². The van der Waals surface area contributed by atoms with E-state index in [1.165, 1.54) is 25.3 Å². The van der Waals surface area contributed by atoms with E-state index in [0.29, 0.717) is 6.54 Å². The highest BCUT2D eigenvalue weighted by atomic mass is 19.4. The lowest BCUT2D eigenvalue weighted by Gasteiger charge is -2.29. The highest BCUT2D eigenvalue weighted by Gasteiger charge is 2.33. The first-order valence-electron chi connectivity index (χ1n) is 12.6. The van der Waals surface area contributed by atoms with Crippen LogP contribution in [0.15, 0.2) is 52.9 Å². The van der Waals surface area contributed by atoms with Crippen LogP contribution in [0.2, 0.25) is 0 Å². The van der Waals surface area contributed by atoms with E-state index in [4.69, 9.17) is 21.3 Å². The quantitative estimate of drug-likeness (QED) is 0.336. The van der Waals surface area contributed by atoms with Gasteiger partial charge in [0.05, 0.1) is 13.7 Å². The van der Waals surface area contributed by atoms with Gasteiger partial charge in [-0.05, 0) is 48.7 Å². The molecule has 12 heteroatoms. The number of hydrogen-bond acceptors (Lipinski definition) is 7. The Morgan fingerprint density at radius 3 is 2.71 bits per heavy atom. The molecule has 0 bridgehead atoms. The van der Waals surface area contributed by atoms with Gasteiger partial charge in [0.15, 0.2) is 11.5 Å². The van der Waals surface area contributed by atoms with Crippen molar-refractivity contribution in [2.45, 2.75) is 25.1 Å². The number of nitrogens with one attached hydrogen (secondary N) is 1. The van der Waals surface area contributed by atoms with Crippen molar-refractivity contribution >= 4 is 28.4 Å². The Bertz CT molecular complexity index is 1690. The van der Waals surface area contributed by atoms with E-state index in [1.54, 1.807) is 4.90 Å². The lowest BCUT2D eigenvalue weighted by molar-refractivity contribution is -0.141. The van der Waals surface area contributed by atoms with E-state index in [-0.39, 0.29) is 52.0 Å². The number of nitrogens with two attached hydrogens (primary N) is 1. The first-order chi connectivity index (χ1) is 19.6. The van der Waals surface area contributed by atoms with Crippen LogP contribution in [-0.2, 0) is 17.4 Å². The Hall–Kier alpha value is -4.89. The molecular formula is C29H24F3N5O4. The van der Waals surface area contributed by atoms with Gasteiger partial charge in [-0.25, -0.2) is 9.97 Å². The van der Waals surface area contributed by atoms with Crippen LogP contribution in [0, 0.1) is 12.3 Å². The van der Waals surface area contributed by atoms with Gasteiger partial charge in [0.2, 0.25) is 11.8 Å². The number of alkyl halides is 3. The molecule has 2 amide bonds. The van der Waals surface area contributed by atoms with Crippen molar-refractivity contribution in [2.75, 3.05) is 25.1 Å². The number of para-hydroxylation sites is 1. The Labute approximate surface area is 232 Å².